The number of halogens is 1. The lowest BCUT2D eigenvalue weighted by molar-refractivity contribution is 1.07. The number of aromatic nitrogens is 3. The Bertz CT molecular complexity index is 1420. The van der Waals surface area contributed by atoms with Gasteiger partial charge in [-0.1, -0.05) is 103 Å². The van der Waals surface area contributed by atoms with Crippen molar-refractivity contribution >= 4 is 11.6 Å². The van der Waals surface area contributed by atoms with Gasteiger partial charge in [0, 0.05) is 27.3 Å². The van der Waals surface area contributed by atoms with Gasteiger partial charge in [-0.15, -0.1) is 0 Å². The van der Waals surface area contributed by atoms with E-state index in [0.29, 0.717) is 28.1 Å². The first-order chi connectivity index (χ1) is 16.2. The molecule has 4 aromatic carbocycles. The lowest BCUT2D eigenvalue weighted by Gasteiger charge is -2.13. The van der Waals surface area contributed by atoms with E-state index in [4.69, 9.17) is 26.6 Å². The lowest BCUT2D eigenvalue weighted by Crippen LogP contribution is -2.01. The number of hydrogen-bond donors (Lipinski definition) is 0. The number of nitrogens with zero attached hydrogens (tertiary/aromatic N) is 4. The van der Waals surface area contributed by atoms with E-state index in [1.54, 1.807) is 12.1 Å². The maximum Gasteiger partial charge on any atom is 0.164 e. The van der Waals surface area contributed by atoms with Crippen LogP contribution in [-0.2, 0) is 0 Å². The molecule has 0 amide bonds. The minimum atomic E-state index is 0.496. The maximum atomic E-state index is 9.70. The Morgan fingerprint density at radius 3 is 1.64 bits per heavy atom. The zero-order valence-corrected chi connectivity index (χ0v) is 18.2. The van der Waals surface area contributed by atoms with Gasteiger partial charge in [0.05, 0.1) is 11.6 Å². The molecule has 0 bridgehead atoms. The molecule has 0 radical (unpaired) electrons. The molecular weight excluding hydrogens is 428 g/mol. The van der Waals surface area contributed by atoms with Crippen LogP contribution in [0, 0.1) is 11.3 Å². The Labute approximate surface area is 196 Å². The quantitative estimate of drug-likeness (QED) is 0.297. The van der Waals surface area contributed by atoms with Crippen molar-refractivity contribution in [1.29, 1.82) is 5.26 Å². The number of benzene rings is 4. The van der Waals surface area contributed by atoms with E-state index in [1.807, 2.05) is 91.0 Å². The highest BCUT2D eigenvalue weighted by Crippen LogP contribution is 2.34. The van der Waals surface area contributed by atoms with E-state index >= 15 is 0 Å². The summed E-state index contributed by atoms with van der Waals surface area (Å²) in [5.41, 5.74) is 4.75. The third-order valence-electron chi connectivity index (χ3n) is 5.26. The Morgan fingerprint density at radius 1 is 0.545 bits per heavy atom. The summed E-state index contributed by atoms with van der Waals surface area (Å²) in [7, 11) is 0. The minimum absolute atomic E-state index is 0.496. The van der Waals surface area contributed by atoms with E-state index in [1.165, 1.54) is 0 Å². The first-order valence-electron chi connectivity index (χ1n) is 10.4. The van der Waals surface area contributed by atoms with Crippen molar-refractivity contribution < 1.29 is 0 Å². The molecule has 0 unspecified atom stereocenters. The second kappa shape index (κ2) is 9.04. The third-order valence-corrected chi connectivity index (χ3v) is 5.49. The highest BCUT2D eigenvalue weighted by Gasteiger charge is 2.17. The van der Waals surface area contributed by atoms with Crippen LogP contribution in [0.3, 0.4) is 0 Å². The molecule has 0 aliphatic rings. The predicted molar refractivity (Wildman–Crippen MR) is 131 cm³/mol. The molecule has 0 fully saturated rings. The average molecular weight is 445 g/mol. The number of hydrogen-bond acceptors (Lipinski definition) is 4. The van der Waals surface area contributed by atoms with Gasteiger partial charge in [-0.25, -0.2) is 15.0 Å². The second-order valence-corrected chi connectivity index (χ2v) is 7.82. The van der Waals surface area contributed by atoms with Gasteiger partial charge in [0.15, 0.2) is 17.5 Å². The fourth-order valence-corrected chi connectivity index (χ4v) is 3.86. The summed E-state index contributed by atoms with van der Waals surface area (Å²) >= 11 is 6.13. The summed E-state index contributed by atoms with van der Waals surface area (Å²) in [6, 6.07) is 35.0. The topological polar surface area (TPSA) is 62.5 Å². The molecule has 156 valence electrons. The monoisotopic (exact) mass is 444 g/mol. The fourth-order valence-electron chi connectivity index (χ4n) is 3.69. The van der Waals surface area contributed by atoms with Crippen LogP contribution < -0.4 is 0 Å². The van der Waals surface area contributed by atoms with Gasteiger partial charge in [-0.2, -0.15) is 5.26 Å². The van der Waals surface area contributed by atoms with Crippen LogP contribution in [0.5, 0.6) is 0 Å². The van der Waals surface area contributed by atoms with Crippen molar-refractivity contribution in [1.82, 2.24) is 15.0 Å². The fraction of sp³-hybridized carbons (Fsp3) is 0. The Hall–Kier alpha value is -4.33. The smallest absolute Gasteiger partial charge is 0.164 e. The van der Waals surface area contributed by atoms with E-state index in [9.17, 15) is 5.26 Å². The number of rotatable bonds is 4. The van der Waals surface area contributed by atoms with Gasteiger partial charge < -0.3 is 0 Å². The Balaban J connectivity index is 1.75. The summed E-state index contributed by atoms with van der Waals surface area (Å²) in [4.78, 5) is 14.4. The van der Waals surface area contributed by atoms with Crippen LogP contribution >= 0.6 is 11.6 Å². The molecule has 5 rings (SSSR count). The molecule has 1 aromatic heterocycles. The van der Waals surface area contributed by atoms with Gasteiger partial charge in [0.25, 0.3) is 0 Å². The Kier molecular flexibility index (Phi) is 5.63. The zero-order chi connectivity index (χ0) is 22.6. The summed E-state index contributed by atoms with van der Waals surface area (Å²) in [6.07, 6.45) is 0. The van der Waals surface area contributed by atoms with Crippen LogP contribution in [0.1, 0.15) is 5.56 Å². The highest BCUT2D eigenvalue weighted by atomic mass is 35.5. The van der Waals surface area contributed by atoms with Crippen molar-refractivity contribution in [3.63, 3.8) is 0 Å². The van der Waals surface area contributed by atoms with E-state index in [0.717, 1.165) is 27.8 Å². The van der Waals surface area contributed by atoms with Gasteiger partial charge in [-0.05, 0) is 17.7 Å². The molecule has 0 spiro atoms. The molecule has 0 atom stereocenters. The SMILES string of the molecule is N#Cc1cc(Cl)ccc1-c1ccccc1-c1nc(-c2ccccc2)nc(-c2ccccc2)n1. The van der Waals surface area contributed by atoms with E-state index in [-0.39, 0.29) is 0 Å². The molecule has 0 saturated heterocycles. The van der Waals surface area contributed by atoms with Crippen molar-refractivity contribution in [3.8, 4) is 51.4 Å². The zero-order valence-electron chi connectivity index (χ0n) is 17.5. The van der Waals surface area contributed by atoms with Gasteiger partial charge in [0.1, 0.15) is 0 Å². The first-order valence-corrected chi connectivity index (χ1v) is 10.8. The average Bonchev–Trinajstić information content (AvgIpc) is 2.89. The summed E-state index contributed by atoms with van der Waals surface area (Å²) in [5.74, 6) is 1.72. The largest absolute Gasteiger partial charge is 0.208 e. The molecule has 0 N–H and O–H groups in total. The number of nitriles is 1. The molecule has 5 aromatic rings. The van der Waals surface area contributed by atoms with Crippen molar-refractivity contribution in [3.05, 3.63) is 114 Å². The van der Waals surface area contributed by atoms with Crippen molar-refractivity contribution in [2.75, 3.05) is 0 Å². The standard InChI is InChI=1S/C28H17ClN4/c29-22-15-16-23(21(17-22)18-30)24-13-7-8-14-25(24)28-32-26(19-9-3-1-4-10-19)31-27(33-28)20-11-5-2-6-12-20/h1-17H. The van der Waals surface area contributed by atoms with Crippen LogP contribution in [0.2, 0.25) is 5.02 Å². The van der Waals surface area contributed by atoms with Crippen LogP contribution in [0.25, 0.3) is 45.3 Å². The second-order valence-electron chi connectivity index (χ2n) is 7.39. The molecule has 1 heterocycles. The molecule has 33 heavy (non-hydrogen) atoms. The van der Waals surface area contributed by atoms with Crippen LogP contribution in [0.15, 0.2) is 103 Å². The Morgan fingerprint density at radius 2 is 1.06 bits per heavy atom. The van der Waals surface area contributed by atoms with Crippen molar-refractivity contribution in [2.45, 2.75) is 0 Å². The van der Waals surface area contributed by atoms with Crippen LogP contribution in [0.4, 0.5) is 0 Å². The normalized spacial score (nSPS) is 10.5. The first kappa shape index (κ1) is 20.6. The van der Waals surface area contributed by atoms with E-state index in [2.05, 4.69) is 6.07 Å². The predicted octanol–water partition coefficient (Wildman–Crippen LogP) is 7.06. The molecular formula is C28H17ClN4. The van der Waals surface area contributed by atoms with Gasteiger partial charge >= 0.3 is 0 Å². The highest BCUT2D eigenvalue weighted by molar-refractivity contribution is 6.30. The van der Waals surface area contributed by atoms with Gasteiger partial charge in [-0.3, -0.25) is 0 Å². The minimum Gasteiger partial charge on any atom is -0.208 e. The van der Waals surface area contributed by atoms with Crippen LogP contribution in [-0.4, -0.2) is 15.0 Å². The third kappa shape index (κ3) is 4.23. The summed E-state index contributed by atoms with van der Waals surface area (Å²) in [6.45, 7) is 0. The lowest BCUT2D eigenvalue weighted by atomic mass is 9.95. The molecule has 5 heteroatoms. The van der Waals surface area contributed by atoms with Gasteiger partial charge in [0.2, 0.25) is 0 Å². The van der Waals surface area contributed by atoms with Crippen molar-refractivity contribution in [2.24, 2.45) is 0 Å². The summed E-state index contributed by atoms with van der Waals surface area (Å²) in [5, 5.41) is 10.2. The summed E-state index contributed by atoms with van der Waals surface area (Å²) < 4.78 is 0. The molecule has 0 saturated carbocycles. The molecule has 4 nitrogen and oxygen atoms in total. The molecule has 0 aliphatic carbocycles. The van der Waals surface area contributed by atoms with E-state index < -0.39 is 0 Å². The maximum absolute atomic E-state index is 9.70. The molecule has 0 aliphatic heterocycles.